The van der Waals surface area contributed by atoms with Crippen LogP contribution in [-0.2, 0) is 0 Å². The van der Waals surface area contributed by atoms with Crippen molar-refractivity contribution in [3.05, 3.63) is 218 Å². The Bertz CT molecular complexity index is 2610. The van der Waals surface area contributed by atoms with Crippen LogP contribution in [0.1, 0.15) is 0 Å². The van der Waals surface area contributed by atoms with Gasteiger partial charge in [-0.1, -0.05) is 170 Å². The number of benzene rings is 8. The van der Waals surface area contributed by atoms with Gasteiger partial charge in [-0.05, 0) is 70.8 Å². The van der Waals surface area contributed by atoms with E-state index in [9.17, 15) is 0 Å². The molecule has 0 unspecified atom stereocenters. The normalized spacial score (nSPS) is 11.0. The first-order chi connectivity index (χ1) is 26.8. The first kappa shape index (κ1) is 32.6. The van der Waals surface area contributed by atoms with E-state index >= 15 is 0 Å². The quantitative estimate of drug-likeness (QED) is 0.174. The Morgan fingerprint density at radius 3 is 0.944 bits per heavy atom. The summed E-state index contributed by atoms with van der Waals surface area (Å²) in [6.45, 7) is 0. The van der Waals surface area contributed by atoms with E-state index in [2.05, 4.69) is 191 Å². The second-order valence-electron chi connectivity index (χ2n) is 13.0. The number of fused-ring (bicyclic) bond motifs is 2. The molecule has 0 saturated heterocycles. The fourth-order valence-electron chi connectivity index (χ4n) is 7.19. The fourth-order valence-corrected chi connectivity index (χ4v) is 7.19. The molecule has 0 aliphatic heterocycles. The van der Waals surface area contributed by atoms with E-state index in [-0.39, 0.29) is 0 Å². The van der Waals surface area contributed by atoms with Crippen LogP contribution in [0.4, 0.5) is 0 Å². The molecule has 0 aliphatic rings. The average molecular weight is 693 g/mol. The topological polar surface area (TPSA) is 35.6 Å². The van der Waals surface area contributed by atoms with Crippen molar-refractivity contribution in [3.63, 3.8) is 0 Å². The van der Waals surface area contributed by atoms with Crippen LogP contribution in [-0.4, -0.2) is 19.1 Å². The summed E-state index contributed by atoms with van der Waals surface area (Å²) in [6, 6.07) is 75.4. The Morgan fingerprint density at radius 1 is 0.259 bits per heavy atom. The van der Waals surface area contributed by atoms with Gasteiger partial charge in [0.25, 0.3) is 0 Å². The van der Waals surface area contributed by atoms with E-state index in [0.717, 1.165) is 56.2 Å². The van der Waals surface area contributed by atoms with Crippen molar-refractivity contribution in [3.8, 4) is 56.4 Å². The number of nitrogens with zero attached hydrogens (tertiary/aromatic N) is 4. The highest BCUT2D eigenvalue weighted by atomic mass is 15.1. The molecule has 8 aromatic carbocycles. The Hall–Kier alpha value is -7.30. The molecule has 0 spiro atoms. The fraction of sp³-hybridized carbons (Fsp3) is 0. The summed E-state index contributed by atoms with van der Waals surface area (Å²) >= 11 is 0. The zero-order valence-electron chi connectivity index (χ0n) is 29.6. The molecule has 0 radical (unpaired) electrons. The van der Waals surface area contributed by atoms with Gasteiger partial charge in [-0.3, -0.25) is 9.13 Å². The van der Waals surface area contributed by atoms with Crippen LogP contribution in [0.15, 0.2) is 218 Å². The third-order valence-corrected chi connectivity index (χ3v) is 9.66. The van der Waals surface area contributed by atoms with Crippen LogP contribution in [0.2, 0.25) is 0 Å². The second-order valence-corrected chi connectivity index (χ2v) is 13.0. The van der Waals surface area contributed by atoms with E-state index in [4.69, 9.17) is 9.97 Å². The van der Waals surface area contributed by atoms with Gasteiger partial charge in [0, 0.05) is 22.5 Å². The summed E-state index contributed by atoms with van der Waals surface area (Å²) < 4.78 is 4.49. The summed E-state index contributed by atoms with van der Waals surface area (Å²) in [5.74, 6) is 1.92. The van der Waals surface area contributed by atoms with Crippen molar-refractivity contribution in [2.75, 3.05) is 0 Å². The van der Waals surface area contributed by atoms with Crippen molar-refractivity contribution in [1.82, 2.24) is 19.1 Å². The molecule has 0 amide bonds. The largest absolute Gasteiger partial charge is 0.292 e. The lowest BCUT2D eigenvalue weighted by molar-refractivity contribution is 1.10. The van der Waals surface area contributed by atoms with Crippen molar-refractivity contribution < 1.29 is 0 Å². The van der Waals surface area contributed by atoms with Gasteiger partial charge >= 0.3 is 0 Å². The maximum absolute atomic E-state index is 5.01. The van der Waals surface area contributed by atoms with Gasteiger partial charge in [0.2, 0.25) is 0 Å². The molecule has 4 nitrogen and oxygen atoms in total. The highest BCUT2D eigenvalue weighted by Gasteiger charge is 2.18. The molecule has 10 rings (SSSR count). The Morgan fingerprint density at radius 2 is 0.556 bits per heavy atom. The number of aromatic nitrogens is 4. The Labute approximate surface area is 314 Å². The molecule has 256 valence electrons. The van der Waals surface area contributed by atoms with E-state index in [0.29, 0.717) is 0 Å². The van der Waals surface area contributed by atoms with Crippen LogP contribution in [0.3, 0.4) is 0 Å². The van der Waals surface area contributed by atoms with Gasteiger partial charge < -0.3 is 0 Å². The number of imidazole rings is 2. The van der Waals surface area contributed by atoms with Crippen molar-refractivity contribution in [2.24, 2.45) is 0 Å². The molecular weight excluding hydrogens is 657 g/mol. The zero-order chi connectivity index (χ0) is 36.1. The van der Waals surface area contributed by atoms with Crippen LogP contribution < -0.4 is 0 Å². The van der Waals surface area contributed by atoms with Crippen LogP contribution in [0.5, 0.6) is 0 Å². The SMILES string of the molecule is c1ccc(-c2ccccc2-c2nc3ccccc3n2-c2ccccc2)cc1.c1ccc(-c2ccccc2-c2nc3ccccc3n2-c2ccccc2)cc1. The van der Waals surface area contributed by atoms with Crippen LogP contribution in [0, 0.1) is 0 Å². The van der Waals surface area contributed by atoms with Gasteiger partial charge in [0.1, 0.15) is 11.6 Å². The molecule has 4 heteroatoms. The van der Waals surface area contributed by atoms with E-state index < -0.39 is 0 Å². The van der Waals surface area contributed by atoms with E-state index in [1.807, 2.05) is 36.4 Å². The molecule has 2 aromatic heterocycles. The van der Waals surface area contributed by atoms with Gasteiger partial charge in [-0.15, -0.1) is 0 Å². The number of hydrogen-bond acceptors (Lipinski definition) is 2. The van der Waals surface area contributed by atoms with E-state index in [1.54, 1.807) is 0 Å². The standard InChI is InChI=1S/2C25H18N2/c2*1-3-11-19(12-4-1)21-15-7-8-16-22(21)25-26-23-17-9-10-18-24(23)27(25)20-13-5-2-6-14-20/h2*1-18H. The number of para-hydroxylation sites is 6. The lowest BCUT2D eigenvalue weighted by atomic mass is 9.99. The summed E-state index contributed by atoms with van der Waals surface area (Å²) in [7, 11) is 0. The molecule has 0 bridgehead atoms. The lowest BCUT2D eigenvalue weighted by Gasteiger charge is -2.13. The summed E-state index contributed by atoms with van der Waals surface area (Å²) in [4.78, 5) is 10.0. The minimum absolute atomic E-state index is 0.960. The van der Waals surface area contributed by atoms with Crippen molar-refractivity contribution >= 4 is 22.1 Å². The third-order valence-electron chi connectivity index (χ3n) is 9.66. The minimum Gasteiger partial charge on any atom is -0.292 e. The van der Waals surface area contributed by atoms with Gasteiger partial charge in [-0.25, -0.2) is 9.97 Å². The van der Waals surface area contributed by atoms with Gasteiger partial charge in [0.15, 0.2) is 0 Å². The molecule has 0 atom stereocenters. The van der Waals surface area contributed by atoms with Crippen molar-refractivity contribution in [1.29, 1.82) is 0 Å². The lowest BCUT2D eigenvalue weighted by Crippen LogP contribution is -1.98. The van der Waals surface area contributed by atoms with Crippen LogP contribution >= 0.6 is 0 Å². The molecular formula is C50H36N4. The highest BCUT2D eigenvalue weighted by Crippen LogP contribution is 2.37. The minimum atomic E-state index is 0.960. The van der Waals surface area contributed by atoms with Crippen molar-refractivity contribution in [2.45, 2.75) is 0 Å². The predicted octanol–water partition coefficient (Wildman–Crippen LogP) is 12.7. The molecule has 0 fully saturated rings. The molecule has 0 aliphatic carbocycles. The third kappa shape index (κ3) is 6.27. The molecule has 0 N–H and O–H groups in total. The molecule has 10 aromatic rings. The van der Waals surface area contributed by atoms with Gasteiger partial charge in [0.05, 0.1) is 22.1 Å². The van der Waals surface area contributed by atoms with Gasteiger partial charge in [-0.2, -0.15) is 0 Å². The predicted molar refractivity (Wildman–Crippen MR) is 224 cm³/mol. The Balaban J connectivity index is 0.000000142. The maximum Gasteiger partial charge on any atom is 0.146 e. The molecule has 54 heavy (non-hydrogen) atoms. The molecule has 0 saturated carbocycles. The summed E-state index contributed by atoms with van der Waals surface area (Å²) in [6.07, 6.45) is 0. The first-order valence-electron chi connectivity index (χ1n) is 18.2. The summed E-state index contributed by atoms with van der Waals surface area (Å²) in [5.41, 5.74) is 13.5. The average Bonchev–Trinajstić information content (AvgIpc) is 3.85. The smallest absolute Gasteiger partial charge is 0.146 e. The summed E-state index contributed by atoms with van der Waals surface area (Å²) in [5, 5.41) is 0. The first-order valence-corrected chi connectivity index (χ1v) is 18.2. The number of rotatable bonds is 6. The van der Waals surface area contributed by atoms with Crippen LogP contribution in [0.25, 0.3) is 78.5 Å². The van der Waals surface area contributed by atoms with E-state index in [1.165, 1.54) is 22.3 Å². The highest BCUT2D eigenvalue weighted by molar-refractivity contribution is 5.90. The second kappa shape index (κ2) is 14.7. The zero-order valence-corrected chi connectivity index (χ0v) is 29.6. The maximum atomic E-state index is 5.01. The number of hydrogen-bond donors (Lipinski definition) is 0. The molecule has 2 heterocycles. The Kier molecular flexibility index (Phi) is 8.90. The monoisotopic (exact) mass is 692 g/mol.